The molecule has 0 saturated carbocycles. The molecule has 0 aliphatic rings. The summed E-state index contributed by atoms with van der Waals surface area (Å²) in [5.41, 5.74) is 2.85. The lowest BCUT2D eigenvalue weighted by Gasteiger charge is -2.16. The average Bonchev–Trinajstić information content (AvgIpc) is 3.17. The summed E-state index contributed by atoms with van der Waals surface area (Å²) in [6, 6.07) is 12.4. The number of pyridine rings is 1. The van der Waals surface area contributed by atoms with Crippen molar-refractivity contribution in [3.05, 3.63) is 99.1 Å². The second kappa shape index (κ2) is 8.20. The third-order valence-corrected chi connectivity index (χ3v) is 6.17. The minimum Gasteiger partial charge on any atom is -0.384 e. The molecule has 0 spiro atoms. The molecule has 0 aliphatic carbocycles. The fourth-order valence-electron chi connectivity index (χ4n) is 3.09. The van der Waals surface area contributed by atoms with Gasteiger partial charge in [-0.3, -0.25) is 4.98 Å². The van der Waals surface area contributed by atoms with Crippen molar-refractivity contribution in [1.29, 1.82) is 0 Å². The number of thiophene rings is 1. The molecule has 0 radical (unpaired) electrons. The molecular weight excluding hydrogens is 435 g/mol. The van der Waals surface area contributed by atoms with Crippen LogP contribution in [0.5, 0.6) is 0 Å². The molecule has 2 heterocycles. The van der Waals surface area contributed by atoms with Gasteiger partial charge < -0.3 is 5.11 Å². The Morgan fingerprint density at radius 3 is 2.21 bits per heavy atom. The van der Waals surface area contributed by atoms with Gasteiger partial charge in [0.15, 0.2) is 0 Å². The highest BCUT2D eigenvalue weighted by molar-refractivity contribution is 7.14. The molecule has 0 bridgehead atoms. The van der Waals surface area contributed by atoms with Crippen LogP contribution in [0, 0.1) is 11.6 Å². The molecule has 1 N–H and O–H groups in total. The highest BCUT2D eigenvalue weighted by Crippen LogP contribution is 2.44. The van der Waals surface area contributed by atoms with E-state index in [1.165, 1.54) is 35.6 Å². The van der Waals surface area contributed by atoms with E-state index in [4.69, 9.17) is 23.2 Å². The first kappa shape index (κ1) is 20.0. The maximum absolute atomic E-state index is 14.1. The minimum absolute atomic E-state index is 0.0123. The first-order chi connectivity index (χ1) is 14.0. The van der Waals surface area contributed by atoms with Crippen LogP contribution in [-0.4, -0.2) is 10.1 Å². The van der Waals surface area contributed by atoms with E-state index in [2.05, 4.69) is 4.98 Å². The highest BCUT2D eigenvalue weighted by Gasteiger charge is 2.24. The van der Waals surface area contributed by atoms with E-state index >= 15 is 0 Å². The summed E-state index contributed by atoms with van der Waals surface area (Å²) in [6.07, 6.45) is 2.12. The van der Waals surface area contributed by atoms with Gasteiger partial charge in [-0.25, -0.2) is 8.78 Å². The summed E-state index contributed by atoms with van der Waals surface area (Å²) in [5, 5.41) is 13.0. The Hall–Kier alpha value is -2.31. The lowest BCUT2D eigenvalue weighted by Crippen LogP contribution is -2.02. The van der Waals surface area contributed by atoms with Gasteiger partial charge in [0, 0.05) is 28.4 Å². The molecule has 0 saturated heterocycles. The highest BCUT2D eigenvalue weighted by atomic mass is 35.5. The number of benzene rings is 2. The van der Waals surface area contributed by atoms with Crippen molar-refractivity contribution in [1.82, 2.24) is 4.98 Å². The lowest BCUT2D eigenvalue weighted by atomic mass is 9.93. The van der Waals surface area contributed by atoms with Gasteiger partial charge in [-0.15, -0.1) is 11.3 Å². The summed E-state index contributed by atoms with van der Waals surface area (Å²) in [4.78, 5) is 4.72. The molecule has 0 aliphatic heterocycles. The van der Waals surface area contributed by atoms with Crippen LogP contribution in [0.4, 0.5) is 8.78 Å². The van der Waals surface area contributed by atoms with E-state index in [0.717, 1.165) is 0 Å². The van der Waals surface area contributed by atoms with Crippen LogP contribution < -0.4 is 0 Å². The molecule has 2 nitrogen and oxygen atoms in total. The fraction of sp³-hybridized carbons (Fsp3) is 0.0455. The Kier molecular flexibility index (Phi) is 5.65. The molecule has 0 amide bonds. The van der Waals surface area contributed by atoms with Crippen LogP contribution in [-0.2, 0) is 0 Å². The summed E-state index contributed by atoms with van der Waals surface area (Å²) < 4.78 is 28.2. The maximum atomic E-state index is 14.1. The van der Waals surface area contributed by atoms with Gasteiger partial charge in [0.05, 0.1) is 10.0 Å². The number of halogens is 4. The Balaban J connectivity index is 1.93. The smallest absolute Gasteiger partial charge is 0.142 e. The van der Waals surface area contributed by atoms with Gasteiger partial charge in [0.1, 0.15) is 17.7 Å². The van der Waals surface area contributed by atoms with Crippen LogP contribution in [0.1, 0.15) is 17.2 Å². The molecule has 2 aromatic carbocycles. The summed E-state index contributed by atoms with van der Waals surface area (Å²) in [5.74, 6) is -1.12. The topological polar surface area (TPSA) is 33.1 Å². The Labute approximate surface area is 180 Å². The second-order valence-corrected chi connectivity index (χ2v) is 8.03. The van der Waals surface area contributed by atoms with Crippen molar-refractivity contribution < 1.29 is 13.9 Å². The standard InChI is InChI=1S/C22H13Cl2F2NOS/c23-16-5-3-12(8-18(16)25)15-11-29-22(13-4-6-17(24)19(26)9-13)20(15)21(28)14-2-1-7-27-10-14/h1-11,21,28H. The molecule has 4 rings (SSSR count). The first-order valence-corrected chi connectivity index (χ1v) is 10.2. The monoisotopic (exact) mass is 447 g/mol. The molecule has 146 valence electrons. The van der Waals surface area contributed by atoms with E-state index in [9.17, 15) is 13.9 Å². The van der Waals surface area contributed by atoms with E-state index in [0.29, 0.717) is 32.7 Å². The van der Waals surface area contributed by atoms with E-state index in [-0.39, 0.29) is 10.0 Å². The van der Waals surface area contributed by atoms with E-state index in [1.807, 2.05) is 0 Å². The summed E-state index contributed by atoms with van der Waals surface area (Å²) >= 11 is 13.0. The summed E-state index contributed by atoms with van der Waals surface area (Å²) in [7, 11) is 0. The van der Waals surface area contributed by atoms with Gasteiger partial charge in [0.2, 0.25) is 0 Å². The quantitative estimate of drug-likeness (QED) is 0.360. The normalized spacial score (nSPS) is 12.2. The largest absolute Gasteiger partial charge is 0.384 e. The van der Waals surface area contributed by atoms with Gasteiger partial charge >= 0.3 is 0 Å². The number of rotatable bonds is 4. The zero-order valence-electron chi connectivity index (χ0n) is 14.7. The number of aromatic nitrogens is 1. The minimum atomic E-state index is -1.04. The van der Waals surface area contributed by atoms with Crippen LogP contribution in [0.2, 0.25) is 10.0 Å². The zero-order chi connectivity index (χ0) is 20.5. The number of hydrogen-bond donors (Lipinski definition) is 1. The molecule has 4 aromatic rings. The average molecular weight is 448 g/mol. The predicted octanol–water partition coefficient (Wildman–Crippen LogP) is 7.14. The zero-order valence-corrected chi connectivity index (χ0v) is 17.1. The molecule has 7 heteroatoms. The van der Waals surface area contributed by atoms with Crippen molar-refractivity contribution in [2.75, 3.05) is 0 Å². The number of hydrogen-bond acceptors (Lipinski definition) is 3. The van der Waals surface area contributed by atoms with Crippen molar-refractivity contribution in [3.8, 4) is 21.6 Å². The molecule has 1 atom stereocenters. The molecule has 1 unspecified atom stereocenters. The maximum Gasteiger partial charge on any atom is 0.142 e. The first-order valence-electron chi connectivity index (χ1n) is 8.56. The van der Waals surface area contributed by atoms with Crippen LogP contribution >= 0.6 is 34.5 Å². The molecular formula is C22H13Cl2F2NOS. The van der Waals surface area contributed by atoms with Crippen molar-refractivity contribution >= 4 is 34.5 Å². The van der Waals surface area contributed by atoms with Gasteiger partial charge in [-0.1, -0.05) is 41.4 Å². The molecule has 0 fully saturated rings. The van der Waals surface area contributed by atoms with Crippen LogP contribution in [0.25, 0.3) is 21.6 Å². The number of nitrogens with zero attached hydrogens (tertiary/aromatic N) is 1. The van der Waals surface area contributed by atoms with Crippen molar-refractivity contribution in [3.63, 3.8) is 0 Å². The number of aliphatic hydroxyl groups is 1. The second-order valence-electron chi connectivity index (χ2n) is 6.34. The van der Waals surface area contributed by atoms with Crippen molar-refractivity contribution in [2.24, 2.45) is 0 Å². The molecule has 2 aromatic heterocycles. The van der Waals surface area contributed by atoms with Gasteiger partial charge in [-0.2, -0.15) is 0 Å². The Morgan fingerprint density at radius 2 is 1.59 bits per heavy atom. The summed E-state index contributed by atoms with van der Waals surface area (Å²) in [6.45, 7) is 0. The van der Waals surface area contributed by atoms with Crippen molar-refractivity contribution in [2.45, 2.75) is 6.10 Å². The lowest BCUT2D eigenvalue weighted by molar-refractivity contribution is 0.221. The third-order valence-electron chi connectivity index (χ3n) is 4.52. The Morgan fingerprint density at radius 1 is 0.931 bits per heavy atom. The Bertz CT molecular complexity index is 1110. The van der Waals surface area contributed by atoms with E-state index in [1.54, 1.807) is 42.0 Å². The third kappa shape index (κ3) is 3.91. The van der Waals surface area contributed by atoms with E-state index < -0.39 is 17.7 Å². The molecule has 29 heavy (non-hydrogen) atoms. The van der Waals surface area contributed by atoms with Gasteiger partial charge in [0.25, 0.3) is 0 Å². The SMILES string of the molecule is OC(c1cccnc1)c1c(-c2ccc(Cl)c(F)c2)csc1-c1ccc(Cl)c(F)c1. The number of aliphatic hydroxyl groups excluding tert-OH is 1. The fourth-order valence-corrected chi connectivity index (χ4v) is 4.44. The predicted molar refractivity (Wildman–Crippen MR) is 113 cm³/mol. The van der Waals surface area contributed by atoms with Crippen LogP contribution in [0.15, 0.2) is 66.3 Å². The van der Waals surface area contributed by atoms with Gasteiger partial charge in [-0.05, 0) is 52.4 Å². The van der Waals surface area contributed by atoms with Crippen LogP contribution in [0.3, 0.4) is 0 Å².